The zero-order valence-electron chi connectivity index (χ0n) is 17.2. The van der Waals surface area contributed by atoms with E-state index in [9.17, 15) is 4.79 Å². The molecule has 1 aromatic heterocycles. The molecular weight excluding hydrogens is 424 g/mol. The molecule has 1 N–H and O–H groups in total. The van der Waals surface area contributed by atoms with Gasteiger partial charge in [0.25, 0.3) is 5.91 Å². The summed E-state index contributed by atoms with van der Waals surface area (Å²) in [7, 11) is 0. The van der Waals surface area contributed by atoms with Crippen LogP contribution in [0.3, 0.4) is 0 Å². The Morgan fingerprint density at radius 2 is 1.59 bits per heavy atom. The van der Waals surface area contributed by atoms with Crippen LogP contribution in [0.4, 0.5) is 0 Å². The van der Waals surface area contributed by atoms with Gasteiger partial charge in [0.1, 0.15) is 16.7 Å². The molecule has 1 aliphatic heterocycles. The van der Waals surface area contributed by atoms with Gasteiger partial charge in [0, 0.05) is 11.1 Å². The van der Waals surface area contributed by atoms with E-state index >= 15 is 0 Å². The molecule has 0 bridgehead atoms. The number of amides is 1. The Balaban J connectivity index is 1.41. The highest BCUT2D eigenvalue weighted by atomic mass is 35.5. The minimum Gasteiger partial charge on any atom is -0.457 e. The third-order valence-corrected chi connectivity index (χ3v) is 5.72. The fourth-order valence-electron chi connectivity index (χ4n) is 3.82. The van der Waals surface area contributed by atoms with Crippen LogP contribution >= 0.6 is 11.6 Å². The first-order chi connectivity index (χ1) is 15.6. The quantitative estimate of drug-likeness (QED) is 0.348. The van der Waals surface area contributed by atoms with Crippen molar-refractivity contribution in [1.29, 1.82) is 0 Å². The molecule has 0 radical (unpaired) electrons. The highest BCUT2D eigenvalue weighted by Crippen LogP contribution is 2.43. The van der Waals surface area contributed by atoms with Crippen LogP contribution in [0.1, 0.15) is 28.3 Å². The van der Waals surface area contributed by atoms with E-state index in [1.165, 1.54) is 6.21 Å². The summed E-state index contributed by atoms with van der Waals surface area (Å²) in [6.45, 7) is 1.85. The summed E-state index contributed by atoms with van der Waals surface area (Å²) in [5.74, 6) is 0.544. The van der Waals surface area contributed by atoms with Gasteiger partial charge in [0.2, 0.25) is 0 Å². The molecule has 0 saturated carbocycles. The normalized spacial score (nSPS) is 12.8. The standard InChI is InChI=1S/C25H19ClN4O2/c1-16-20(24(26)30(29-16)17-9-3-2-4-10-17)15-27-28-25(31)23-18-11-5-7-13-21(18)32-22-14-8-6-12-19(22)23/h2-15,23H,1H3,(H,28,31)/b27-15-. The van der Waals surface area contributed by atoms with Crippen LogP contribution in [-0.2, 0) is 4.79 Å². The predicted octanol–water partition coefficient (Wildman–Crippen LogP) is 5.22. The SMILES string of the molecule is Cc1nn(-c2ccccc2)c(Cl)c1/C=N\NC(=O)C1c2ccccc2Oc2ccccc21. The van der Waals surface area contributed by atoms with Crippen LogP contribution in [0.15, 0.2) is 84.0 Å². The number of nitrogens with one attached hydrogen (secondary N) is 1. The summed E-state index contributed by atoms with van der Waals surface area (Å²) in [5.41, 5.74) is 6.45. The number of hydrogen-bond acceptors (Lipinski definition) is 4. The van der Waals surface area contributed by atoms with Gasteiger partial charge in [-0.2, -0.15) is 10.2 Å². The maximum atomic E-state index is 13.2. The lowest BCUT2D eigenvalue weighted by Crippen LogP contribution is -2.28. The Labute approximate surface area is 190 Å². The van der Waals surface area contributed by atoms with Gasteiger partial charge in [0.05, 0.1) is 29.1 Å². The molecule has 1 amide bonds. The topological polar surface area (TPSA) is 68.5 Å². The number of fused-ring (bicyclic) bond motifs is 2. The molecule has 0 saturated heterocycles. The lowest BCUT2D eigenvalue weighted by molar-refractivity contribution is -0.121. The van der Waals surface area contributed by atoms with Crippen molar-refractivity contribution < 1.29 is 9.53 Å². The van der Waals surface area contributed by atoms with Crippen molar-refractivity contribution in [3.63, 3.8) is 0 Å². The largest absolute Gasteiger partial charge is 0.457 e. The monoisotopic (exact) mass is 442 g/mol. The van der Waals surface area contributed by atoms with E-state index in [4.69, 9.17) is 16.3 Å². The third kappa shape index (κ3) is 3.55. The smallest absolute Gasteiger partial charge is 0.252 e. The zero-order chi connectivity index (χ0) is 22.1. The van der Waals surface area contributed by atoms with E-state index in [2.05, 4.69) is 15.6 Å². The number of aryl methyl sites for hydroxylation is 1. The Kier molecular flexibility index (Phi) is 5.21. The van der Waals surface area contributed by atoms with Crippen molar-refractivity contribution in [2.45, 2.75) is 12.8 Å². The highest BCUT2D eigenvalue weighted by molar-refractivity contribution is 6.32. The molecule has 0 atom stereocenters. The second-order valence-electron chi connectivity index (χ2n) is 7.38. The van der Waals surface area contributed by atoms with Crippen LogP contribution < -0.4 is 10.2 Å². The fourth-order valence-corrected chi connectivity index (χ4v) is 4.14. The van der Waals surface area contributed by atoms with Gasteiger partial charge >= 0.3 is 0 Å². The number of ether oxygens (including phenoxy) is 1. The number of nitrogens with zero attached hydrogens (tertiary/aromatic N) is 3. The molecule has 0 aliphatic carbocycles. The van der Waals surface area contributed by atoms with Crippen LogP contribution in [0, 0.1) is 6.92 Å². The first-order valence-corrected chi connectivity index (χ1v) is 10.5. The van der Waals surface area contributed by atoms with Crippen LogP contribution in [0.2, 0.25) is 5.15 Å². The van der Waals surface area contributed by atoms with Crippen LogP contribution in [0.25, 0.3) is 5.69 Å². The van der Waals surface area contributed by atoms with Crippen molar-refractivity contribution in [3.8, 4) is 17.2 Å². The zero-order valence-corrected chi connectivity index (χ0v) is 18.0. The number of para-hydroxylation sites is 3. The summed E-state index contributed by atoms with van der Waals surface area (Å²) in [4.78, 5) is 13.2. The molecule has 2 heterocycles. The summed E-state index contributed by atoms with van der Waals surface area (Å²) >= 11 is 6.54. The molecule has 4 aromatic rings. The van der Waals surface area contributed by atoms with Crippen molar-refractivity contribution in [2.75, 3.05) is 0 Å². The van der Waals surface area contributed by atoms with E-state index in [1.807, 2.05) is 85.8 Å². The van der Waals surface area contributed by atoms with Crippen molar-refractivity contribution >= 4 is 23.7 Å². The molecule has 1 aliphatic rings. The Bertz CT molecular complexity index is 1290. The molecule has 6 nitrogen and oxygen atoms in total. The van der Waals surface area contributed by atoms with Crippen LogP contribution in [0.5, 0.6) is 11.5 Å². The maximum absolute atomic E-state index is 13.2. The lowest BCUT2D eigenvalue weighted by atomic mass is 9.87. The highest BCUT2D eigenvalue weighted by Gasteiger charge is 2.32. The molecule has 7 heteroatoms. The van der Waals surface area contributed by atoms with Gasteiger partial charge in [-0.1, -0.05) is 66.2 Å². The molecule has 0 spiro atoms. The maximum Gasteiger partial charge on any atom is 0.252 e. The molecule has 3 aromatic carbocycles. The molecule has 32 heavy (non-hydrogen) atoms. The summed E-state index contributed by atoms with van der Waals surface area (Å²) in [6.07, 6.45) is 1.53. The molecular formula is C25H19ClN4O2. The minimum atomic E-state index is -0.531. The summed E-state index contributed by atoms with van der Waals surface area (Å²) in [5, 5.41) is 9.10. The van der Waals surface area contributed by atoms with Gasteiger partial charge in [-0.05, 0) is 31.2 Å². The fraction of sp³-hybridized carbons (Fsp3) is 0.0800. The number of benzene rings is 3. The molecule has 158 valence electrons. The second kappa shape index (κ2) is 8.32. The first-order valence-electron chi connectivity index (χ1n) is 10.1. The van der Waals surface area contributed by atoms with Gasteiger partial charge < -0.3 is 4.74 Å². The average Bonchev–Trinajstić information content (AvgIpc) is 3.11. The van der Waals surface area contributed by atoms with Crippen molar-refractivity contribution in [3.05, 3.63) is 106 Å². The summed E-state index contributed by atoms with van der Waals surface area (Å²) in [6, 6.07) is 24.6. The van der Waals surface area contributed by atoms with E-state index in [0.29, 0.717) is 27.9 Å². The molecule has 0 unspecified atom stereocenters. The molecule has 5 rings (SSSR count). The number of aromatic nitrogens is 2. The van der Waals surface area contributed by atoms with Crippen molar-refractivity contribution in [1.82, 2.24) is 15.2 Å². The van der Waals surface area contributed by atoms with Gasteiger partial charge in [-0.25, -0.2) is 10.1 Å². The predicted molar refractivity (Wildman–Crippen MR) is 124 cm³/mol. The Morgan fingerprint density at radius 3 is 2.25 bits per heavy atom. The van der Waals surface area contributed by atoms with Gasteiger partial charge in [0.15, 0.2) is 0 Å². The van der Waals surface area contributed by atoms with Gasteiger partial charge in [-0.3, -0.25) is 4.79 Å². The average molecular weight is 443 g/mol. The number of hydrazone groups is 1. The number of carbonyl (C=O) groups excluding carboxylic acids is 1. The van der Waals surface area contributed by atoms with Crippen molar-refractivity contribution in [2.24, 2.45) is 5.10 Å². The first kappa shape index (κ1) is 20.0. The third-order valence-electron chi connectivity index (χ3n) is 5.36. The number of rotatable bonds is 4. The van der Waals surface area contributed by atoms with Crippen LogP contribution in [-0.4, -0.2) is 21.9 Å². The Hall–Kier alpha value is -3.90. The number of carbonyl (C=O) groups is 1. The summed E-state index contributed by atoms with van der Waals surface area (Å²) < 4.78 is 7.60. The van der Waals surface area contributed by atoms with Gasteiger partial charge in [-0.15, -0.1) is 0 Å². The van der Waals surface area contributed by atoms with E-state index in [-0.39, 0.29) is 5.91 Å². The minimum absolute atomic E-state index is 0.256. The second-order valence-corrected chi connectivity index (χ2v) is 7.74. The lowest BCUT2D eigenvalue weighted by Gasteiger charge is -2.26. The van der Waals surface area contributed by atoms with E-state index < -0.39 is 5.92 Å². The van der Waals surface area contributed by atoms with E-state index in [1.54, 1.807) is 4.68 Å². The van der Waals surface area contributed by atoms with E-state index in [0.717, 1.165) is 16.8 Å². The number of hydrogen-bond donors (Lipinski definition) is 1. The number of halogens is 1. The Morgan fingerprint density at radius 1 is 1.00 bits per heavy atom. The molecule has 0 fully saturated rings.